The van der Waals surface area contributed by atoms with Gasteiger partial charge in [-0.25, -0.2) is 0 Å². The van der Waals surface area contributed by atoms with Crippen molar-refractivity contribution >= 4 is 0 Å². The summed E-state index contributed by atoms with van der Waals surface area (Å²) in [5.74, 6) is 1.60. The second kappa shape index (κ2) is 6.72. The van der Waals surface area contributed by atoms with Gasteiger partial charge in [-0.3, -0.25) is 4.90 Å². The van der Waals surface area contributed by atoms with E-state index in [1.807, 2.05) is 0 Å². The van der Waals surface area contributed by atoms with Crippen LogP contribution in [0.5, 0.6) is 0 Å². The molecule has 2 fully saturated rings. The number of morpholine rings is 1. The third-order valence-electron chi connectivity index (χ3n) is 4.66. The maximum absolute atomic E-state index is 5.92. The van der Waals surface area contributed by atoms with E-state index < -0.39 is 0 Å². The van der Waals surface area contributed by atoms with Crippen LogP contribution in [0.15, 0.2) is 0 Å². The minimum atomic E-state index is 0.643. The fourth-order valence-corrected chi connectivity index (χ4v) is 3.44. The van der Waals surface area contributed by atoms with Crippen LogP contribution in [0.1, 0.15) is 39.0 Å². The van der Waals surface area contributed by atoms with Crippen LogP contribution in [-0.2, 0) is 4.74 Å². The summed E-state index contributed by atoms with van der Waals surface area (Å²) in [5, 5.41) is 0. The maximum atomic E-state index is 5.92. The molecule has 0 aromatic heterocycles. The van der Waals surface area contributed by atoms with Gasteiger partial charge in [0.25, 0.3) is 0 Å². The van der Waals surface area contributed by atoms with Crippen molar-refractivity contribution in [1.82, 2.24) is 4.90 Å². The molecule has 2 N–H and O–H groups in total. The van der Waals surface area contributed by atoms with Gasteiger partial charge in [0.05, 0.1) is 13.2 Å². The summed E-state index contributed by atoms with van der Waals surface area (Å²) in [5.41, 5.74) is 5.92. The summed E-state index contributed by atoms with van der Waals surface area (Å²) in [4.78, 5) is 2.65. The summed E-state index contributed by atoms with van der Waals surface area (Å²) >= 11 is 0. The van der Waals surface area contributed by atoms with Gasteiger partial charge >= 0.3 is 0 Å². The molecular formula is C14H28N2O. The molecule has 0 aromatic rings. The average Bonchev–Trinajstić information content (AvgIpc) is 2.40. The smallest absolute Gasteiger partial charge is 0.0622 e. The largest absolute Gasteiger partial charge is 0.378 e. The Morgan fingerprint density at radius 2 is 2.00 bits per heavy atom. The molecule has 3 atom stereocenters. The summed E-state index contributed by atoms with van der Waals surface area (Å²) < 4.78 is 5.58. The fraction of sp³-hybridized carbons (Fsp3) is 1.00. The molecule has 2 rings (SSSR count). The lowest BCUT2D eigenvalue weighted by Crippen LogP contribution is -2.48. The van der Waals surface area contributed by atoms with Gasteiger partial charge < -0.3 is 10.5 Å². The molecule has 17 heavy (non-hydrogen) atoms. The van der Waals surface area contributed by atoms with Crippen molar-refractivity contribution in [3.63, 3.8) is 0 Å². The van der Waals surface area contributed by atoms with Crippen molar-refractivity contribution in [3.05, 3.63) is 0 Å². The normalized spacial score (nSPS) is 36.0. The Labute approximate surface area is 106 Å². The number of nitrogens with zero attached hydrogens (tertiary/aromatic N) is 1. The number of hydrogen-bond acceptors (Lipinski definition) is 3. The van der Waals surface area contributed by atoms with Crippen LogP contribution in [0.4, 0.5) is 0 Å². The monoisotopic (exact) mass is 240 g/mol. The van der Waals surface area contributed by atoms with Crippen LogP contribution < -0.4 is 5.73 Å². The molecule has 3 nitrogen and oxygen atoms in total. The zero-order chi connectivity index (χ0) is 12.1. The Morgan fingerprint density at radius 3 is 2.71 bits per heavy atom. The Kier molecular flexibility index (Phi) is 5.26. The Hall–Kier alpha value is -0.120. The Morgan fingerprint density at radius 1 is 1.24 bits per heavy atom. The second-order valence-electron chi connectivity index (χ2n) is 5.67. The predicted octanol–water partition coefficient (Wildman–Crippen LogP) is 1.86. The van der Waals surface area contributed by atoms with Gasteiger partial charge in [-0.1, -0.05) is 19.8 Å². The lowest BCUT2D eigenvalue weighted by molar-refractivity contribution is -0.0221. The lowest BCUT2D eigenvalue weighted by atomic mass is 9.78. The van der Waals surface area contributed by atoms with E-state index >= 15 is 0 Å². The van der Waals surface area contributed by atoms with Crippen molar-refractivity contribution in [2.75, 3.05) is 32.8 Å². The highest BCUT2D eigenvalue weighted by Crippen LogP contribution is 2.30. The number of ether oxygens (including phenoxy) is 1. The number of hydrogen-bond donors (Lipinski definition) is 1. The van der Waals surface area contributed by atoms with Crippen LogP contribution in [-0.4, -0.2) is 43.8 Å². The van der Waals surface area contributed by atoms with Gasteiger partial charge in [0, 0.05) is 19.1 Å². The van der Waals surface area contributed by atoms with Gasteiger partial charge in [0.2, 0.25) is 0 Å². The van der Waals surface area contributed by atoms with Gasteiger partial charge in [0.15, 0.2) is 0 Å². The van der Waals surface area contributed by atoms with Crippen molar-refractivity contribution in [1.29, 1.82) is 0 Å². The molecule has 0 spiro atoms. The van der Waals surface area contributed by atoms with Crippen molar-refractivity contribution < 1.29 is 4.74 Å². The van der Waals surface area contributed by atoms with Gasteiger partial charge in [-0.05, 0) is 37.6 Å². The van der Waals surface area contributed by atoms with E-state index in [-0.39, 0.29) is 0 Å². The summed E-state index contributed by atoms with van der Waals surface area (Å²) in [6.07, 6.45) is 6.74. The molecule has 100 valence electrons. The standard InChI is InChI=1S/C14H28N2O/c1-2-14-11-17-8-7-16(14)10-13-6-4-3-5-12(13)9-15/h12-14H,2-11,15H2,1H3. The van der Waals surface area contributed by atoms with Crippen LogP contribution in [0.3, 0.4) is 0 Å². The third-order valence-corrected chi connectivity index (χ3v) is 4.66. The third kappa shape index (κ3) is 3.43. The first-order valence-electron chi connectivity index (χ1n) is 7.37. The second-order valence-corrected chi connectivity index (χ2v) is 5.67. The summed E-state index contributed by atoms with van der Waals surface area (Å²) in [6.45, 7) is 7.36. The number of rotatable bonds is 4. The summed E-state index contributed by atoms with van der Waals surface area (Å²) in [6, 6.07) is 0.643. The molecule has 0 bridgehead atoms. The molecule has 3 heteroatoms. The minimum absolute atomic E-state index is 0.643. The predicted molar refractivity (Wildman–Crippen MR) is 71.0 cm³/mol. The molecular weight excluding hydrogens is 212 g/mol. The highest BCUT2D eigenvalue weighted by Gasteiger charge is 2.29. The zero-order valence-electron chi connectivity index (χ0n) is 11.2. The highest BCUT2D eigenvalue weighted by atomic mass is 16.5. The van der Waals surface area contributed by atoms with Crippen LogP contribution in [0.25, 0.3) is 0 Å². The quantitative estimate of drug-likeness (QED) is 0.815. The first kappa shape index (κ1) is 13.3. The average molecular weight is 240 g/mol. The molecule has 1 heterocycles. The molecule has 3 unspecified atom stereocenters. The summed E-state index contributed by atoms with van der Waals surface area (Å²) in [7, 11) is 0. The van der Waals surface area contributed by atoms with Crippen molar-refractivity contribution in [2.24, 2.45) is 17.6 Å². The molecule has 1 aliphatic carbocycles. The van der Waals surface area contributed by atoms with E-state index in [0.29, 0.717) is 6.04 Å². The SMILES string of the molecule is CCC1COCCN1CC1CCCCC1CN. The molecule has 1 aliphatic heterocycles. The van der Waals surface area contributed by atoms with E-state index in [0.717, 1.165) is 38.1 Å². The molecule has 1 saturated heterocycles. The zero-order valence-corrected chi connectivity index (χ0v) is 11.2. The Bertz CT molecular complexity index is 200. The van der Waals surface area contributed by atoms with Gasteiger partial charge in [-0.2, -0.15) is 0 Å². The first-order valence-corrected chi connectivity index (χ1v) is 7.37. The molecule has 1 saturated carbocycles. The van der Waals surface area contributed by atoms with Gasteiger partial charge in [0.1, 0.15) is 0 Å². The van der Waals surface area contributed by atoms with E-state index in [2.05, 4.69) is 11.8 Å². The maximum Gasteiger partial charge on any atom is 0.0622 e. The van der Waals surface area contributed by atoms with Crippen LogP contribution in [0, 0.1) is 11.8 Å². The van der Waals surface area contributed by atoms with Crippen molar-refractivity contribution in [3.8, 4) is 0 Å². The van der Waals surface area contributed by atoms with E-state index in [1.165, 1.54) is 38.6 Å². The number of nitrogens with two attached hydrogens (primary N) is 1. The topological polar surface area (TPSA) is 38.5 Å². The molecule has 0 amide bonds. The molecule has 0 aromatic carbocycles. The van der Waals surface area contributed by atoms with E-state index in [9.17, 15) is 0 Å². The highest BCUT2D eigenvalue weighted by molar-refractivity contribution is 4.82. The molecule has 2 aliphatic rings. The van der Waals surface area contributed by atoms with Gasteiger partial charge in [-0.15, -0.1) is 0 Å². The lowest BCUT2D eigenvalue weighted by Gasteiger charge is -2.40. The fourth-order valence-electron chi connectivity index (χ4n) is 3.44. The Balaban J connectivity index is 1.88. The van der Waals surface area contributed by atoms with E-state index in [4.69, 9.17) is 10.5 Å². The molecule has 0 radical (unpaired) electrons. The van der Waals surface area contributed by atoms with E-state index in [1.54, 1.807) is 0 Å². The van der Waals surface area contributed by atoms with Crippen LogP contribution >= 0.6 is 0 Å². The van der Waals surface area contributed by atoms with Crippen molar-refractivity contribution in [2.45, 2.75) is 45.1 Å². The van der Waals surface area contributed by atoms with Crippen LogP contribution in [0.2, 0.25) is 0 Å². The minimum Gasteiger partial charge on any atom is -0.378 e. The first-order chi connectivity index (χ1) is 8.35.